The average molecular weight is 246 g/mol. The molecule has 2 atom stereocenters. The summed E-state index contributed by atoms with van der Waals surface area (Å²) in [6.07, 6.45) is 2.80. The predicted octanol–water partition coefficient (Wildman–Crippen LogP) is 2.05. The third kappa shape index (κ3) is 2.25. The molecule has 1 N–H and O–H groups in total. The lowest BCUT2D eigenvalue weighted by Crippen LogP contribution is -2.48. The van der Waals surface area contributed by atoms with Crippen molar-refractivity contribution >= 4 is 0 Å². The lowest BCUT2D eigenvalue weighted by Gasteiger charge is -2.39. The lowest BCUT2D eigenvalue weighted by molar-refractivity contribution is 0.105. The van der Waals surface area contributed by atoms with E-state index in [1.54, 1.807) is 0 Å². The van der Waals surface area contributed by atoms with E-state index >= 15 is 0 Å². The van der Waals surface area contributed by atoms with E-state index < -0.39 is 0 Å². The van der Waals surface area contributed by atoms with E-state index in [2.05, 4.69) is 35.5 Å². The van der Waals surface area contributed by atoms with Gasteiger partial charge in [-0.25, -0.2) is 0 Å². The maximum absolute atomic E-state index is 5.91. The molecule has 3 nitrogen and oxygen atoms in total. The Morgan fingerprint density at radius 2 is 2.11 bits per heavy atom. The zero-order valence-corrected chi connectivity index (χ0v) is 11.2. The van der Waals surface area contributed by atoms with Crippen LogP contribution in [0.1, 0.15) is 24.4 Å². The Morgan fingerprint density at radius 1 is 1.33 bits per heavy atom. The minimum atomic E-state index is 0.374. The predicted molar refractivity (Wildman–Crippen MR) is 72.9 cm³/mol. The fourth-order valence-electron chi connectivity index (χ4n) is 2.92. The van der Waals surface area contributed by atoms with Gasteiger partial charge in [0.05, 0.1) is 12.1 Å². The highest BCUT2D eigenvalue weighted by molar-refractivity contribution is 5.38. The van der Waals surface area contributed by atoms with Crippen molar-refractivity contribution in [3.8, 4) is 5.75 Å². The number of fused-ring (bicyclic) bond motifs is 1. The lowest BCUT2D eigenvalue weighted by atomic mass is 9.95. The molecule has 1 saturated carbocycles. The third-order valence-electron chi connectivity index (χ3n) is 4.17. The van der Waals surface area contributed by atoms with Crippen LogP contribution in [-0.2, 0) is 0 Å². The number of hydrogen-bond donors (Lipinski definition) is 1. The smallest absolute Gasteiger partial charge is 0.124 e. The van der Waals surface area contributed by atoms with Gasteiger partial charge in [0.15, 0.2) is 0 Å². The standard InChI is InChI=1S/C15H22N2O/c1-16-15-12-5-3-4-6-14(12)18-10-13(15)17(2)9-11-7-8-11/h3-6,11,13,15-16H,7-10H2,1-2H3. The van der Waals surface area contributed by atoms with Gasteiger partial charge in [-0.05, 0) is 38.9 Å². The summed E-state index contributed by atoms with van der Waals surface area (Å²) in [5, 5.41) is 3.46. The Labute approximate surface area is 109 Å². The van der Waals surface area contributed by atoms with Gasteiger partial charge < -0.3 is 10.1 Å². The van der Waals surface area contributed by atoms with Crippen LogP contribution in [0.5, 0.6) is 5.75 Å². The molecule has 0 saturated heterocycles. The summed E-state index contributed by atoms with van der Waals surface area (Å²) in [5.41, 5.74) is 1.29. The molecule has 2 aliphatic rings. The fourth-order valence-corrected chi connectivity index (χ4v) is 2.92. The van der Waals surface area contributed by atoms with E-state index in [9.17, 15) is 0 Å². The summed E-state index contributed by atoms with van der Waals surface area (Å²) < 4.78 is 5.91. The zero-order chi connectivity index (χ0) is 12.5. The minimum absolute atomic E-state index is 0.374. The van der Waals surface area contributed by atoms with Crippen molar-refractivity contribution in [1.29, 1.82) is 0 Å². The van der Waals surface area contributed by atoms with Crippen molar-refractivity contribution in [2.24, 2.45) is 5.92 Å². The Balaban J connectivity index is 1.79. The third-order valence-corrected chi connectivity index (χ3v) is 4.17. The van der Waals surface area contributed by atoms with E-state index in [0.717, 1.165) is 18.3 Å². The normalized spacial score (nSPS) is 26.8. The monoisotopic (exact) mass is 246 g/mol. The van der Waals surface area contributed by atoms with Crippen molar-refractivity contribution in [1.82, 2.24) is 10.2 Å². The number of ether oxygens (including phenoxy) is 1. The first-order chi connectivity index (χ1) is 8.79. The maximum Gasteiger partial charge on any atom is 0.124 e. The van der Waals surface area contributed by atoms with Crippen LogP contribution in [0.25, 0.3) is 0 Å². The summed E-state index contributed by atoms with van der Waals surface area (Å²) in [4.78, 5) is 2.47. The van der Waals surface area contributed by atoms with Crippen molar-refractivity contribution in [2.45, 2.75) is 24.9 Å². The van der Waals surface area contributed by atoms with E-state index in [1.165, 1.54) is 24.9 Å². The van der Waals surface area contributed by atoms with Crippen LogP contribution in [0.4, 0.5) is 0 Å². The van der Waals surface area contributed by atoms with Gasteiger partial charge in [-0.15, -0.1) is 0 Å². The first-order valence-corrected chi connectivity index (χ1v) is 6.89. The molecule has 1 aliphatic carbocycles. The van der Waals surface area contributed by atoms with Gasteiger partial charge in [-0.1, -0.05) is 18.2 Å². The van der Waals surface area contributed by atoms with Crippen molar-refractivity contribution in [3.63, 3.8) is 0 Å². The van der Waals surface area contributed by atoms with Gasteiger partial charge in [0.25, 0.3) is 0 Å². The summed E-state index contributed by atoms with van der Waals surface area (Å²) in [6.45, 7) is 1.99. The Bertz CT molecular complexity index is 417. The summed E-state index contributed by atoms with van der Waals surface area (Å²) in [7, 11) is 4.27. The van der Waals surface area contributed by atoms with Gasteiger partial charge in [-0.2, -0.15) is 0 Å². The van der Waals surface area contributed by atoms with E-state index in [-0.39, 0.29) is 0 Å². The summed E-state index contributed by atoms with van der Waals surface area (Å²) in [5.74, 6) is 1.96. The van der Waals surface area contributed by atoms with Gasteiger partial charge in [0.1, 0.15) is 12.4 Å². The van der Waals surface area contributed by atoms with Gasteiger partial charge in [0.2, 0.25) is 0 Å². The number of nitrogens with zero attached hydrogens (tertiary/aromatic N) is 1. The quantitative estimate of drug-likeness (QED) is 0.880. The zero-order valence-electron chi connectivity index (χ0n) is 11.2. The van der Waals surface area contributed by atoms with Crippen LogP contribution >= 0.6 is 0 Å². The van der Waals surface area contributed by atoms with Crippen molar-refractivity contribution in [2.75, 3.05) is 27.2 Å². The summed E-state index contributed by atoms with van der Waals surface area (Å²) in [6, 6.07) is 9.18. The van der Waals surface area contributed by atoms with E-state index in [0.29, 0.717) is 12.1 Å². The molecular weight excluding hydrogens is 224 g/mol. The van der Waals surface area contributed by atoms with Crippen LogP contribution in [-0.4, -0.2) is 38.2 Å². The SMILES string of the molecule is CNC1c2ccccc2OCC1N(C)CC1CC1. The van der Waals surface area contributed by atoms with Crippen molar-refractivity contribution in [3.05, 3.63) is 29.8 Å². The molecule has 3 heteroatoms. The van der Waals surface area contributed by atoms with Gasteiger partial charge in [-0.3, -0.25) is 4.90 Å². The van der Waals surface area contributed by atoms with Crippen LogP contribution in [0.2, 0.25) is 0 Å². The Morgan fingerprint density at radius 3 is 2.83 bits per heavy atom. The van der Waals surface area contributed by atoms with Gasteiger partial charge in [0, 0.05) is 12.1 Å². The molecule has 1 fully saturated rings. The van der Waals surface area contributed by atoms with Crippen LogP contribution in [0.3, 0.4) is 0 Å². The fraction of sp³-hybridized carbons (Fsp3) is 0.600. The molecular formula is C15H22N2O. The van der Waals surface area contributed by atoms with Crippen molar-refractivity contribution < 1.29 is 4.74 Å². The number of nitrogens with one attached hydrogen (secondary N) is 1. The topological polar surface area (TPSA) is 24.5 Å². The number of benzene rings is 1. The second-order valence-electron chi connectivity index (χ2n) is 5.57. The second-order valence-corrected chi connectivity index (χ2v) is 5.57. The molecule has 0 radical (unpaired) electrons. The molecule has 1 aliphatic heterocycles. The molecule has 1 aromatic carbocycles. The molecule has 1 heterocycles. The molecule has 0 bridgehead atoms. The number of hydrogen-bond acceptors (Lipinski definition) is 3. The minimum Gasteiger partial charge on any atom is -0.492 e. The molecule has 3 rings (SSSR count). The molecule has 2 unspecified atom stereocenters. The first kappa shape index (κ1) is 12.0. The first-order valence-electron chi connectivity index (χ1n) is 6.89. The van der Waals surface area contributed by atoms with E-state index in [1.807, 2.05) is 13.1 Å². The summed E-state index contributed by atoms with van der Waals surface area (Å²) >= 11 is 0. The molecule has 98 valence electrons. The molecule has 18 heavy (non-hydrogen) atoms. The molecule has 0 spiro atoms. The molecule has 0 aromatic heterocycles. The van der Waals surface area contributed by atoms with Crippen LogP contribution in [0, 0.1) is 5.92 Å². The highest BCUT2D eigenvalue weighted by Gasteiger charge is 2.34. The second kappa shape index (κ2) is 4.90. The largest absolute Gasteiger partial charge is 0.492 e. The van der Waals surface area contributed by atoms with Crippen LogP contribution < -0.4 is 10.1 Å². The Hall–Kier alpha value is -1.06. The Kier molecular flexibility index (Phi) is 3.27. The highest BCUT2D eigenvalue weighted by atomic mass is 16.5. The van der Waals surface area contributed by atoms with Gasteiger partial charge >= 0.3 is 0 Å². The molecule has 0 amide bonds. The van der Waals surface area contributed by atoms with Crippen LogP contribution in [0.15, 0.2) is 24.3 Å². The van der Waals surface area contributed by atoms with E-state index in [4.69, 9.17) is 4.74 Å². The molecule has 1 aromatic rings. The highest BCUT2D eigenvalue weighted by Crippen LogP contribution is 2.36. The average Bonchev–Trinajstić information content (AvgIpc) is 3.21. The number of rotatable bonds is 4. The maximum atomic E-state index is 5.91. The number of likely N-dealkylation sites (N-methyl/N-ethyl adjacent to an activating group) is 2. The number of para-hydroxylation sites is 1.